The van der Waals surface area contributed by atoms with Crippen LogP contribution in [-0.2, 0) is 20.2 Å². The molecule has 2 N–H and O–H groups in total. The van der Waals surface area contributed by atoms with Gasteiger partial charge in [-0.1, -0.05) is 29.8 Å². The molecule has 2 aromatic carbocycles. The molecule has 0 unspecified atom stereocenters. The largest absolute Gasteiger partial charge is 0.487 e. The molecule has 21 heavy (non-hydrogen) atoms. The molecule has 0 bridgehead atoms. The van der Waals surface area contributed by atoms with E-state index in [0.29, 0.717) is 13.2 Å². The summed E-state index contributed by atoms with van der Waals surface area (Å²) < 4.78 is 8.04. The average molecular weight is 280 g/mol. The number of benzene rings is 2. The molecule has 0 amide bonds. The van der Waals surface area contributed by atoms with Crippen molar-refractivity contribution >= 4 is 10.9 Å². The molecule has 3 aromatic rings. The third kappa shape index (κ3) is 2.78. The van der Waals surface area contributed by atoms with Gasteiger partial charge in [0.1, 0.15) is 12.4 Å². The molecule has 0 spiro atoms. The van der Waals surface area contributed by atoms with Crippen molar-refractivity contribution in [2.24, 2.45) is 12.8 Å². The van der Waals surface area contributed by atoms with Gasteiger partial charge in [0, 0.05) is 19.1 Å². The van der Waals surface area contributed by atoms with E-state index in [1.165, 1.54) is 16.5 Å². The lowest BCUT2D eigenvalue weighted by atomic mass is 10.1. The van der Waals surface area contributed by atoms with Gasteiger partial charge < -0.3 is 15.0 Å². The van der Waals surface area contributed by atoms with Crippen molar-refractivity contribution in [1.82, 2.24) is 4.57 Å². The Labute approximate surface area is 125 Å². The van der Waals surface area contributed by atoms with Gasteiger partial charge in [-0.25, -0.2) is 0 Å². The summed E-state index contributed by atoms with van der Waals surface area (Å²) in [6.45, 7) is 3.20. The number of hydrogen-bond acceptors (Lipinski definition) is 2. The van der Waals surface area contributed by atoms with Crippen LogP contribution in [0.25, 0.3) is 10.9 Å². The summed E-state index contributed by atoms with van der Waals surface area (Å²) >= 11 is 0. The molecular weight excluding hydrogens is 260 g/mol. The number of ether oxygens (including phenoxy) is 1. The van der Waals surface area contributed by atoms with E-state index in [2.05, 4.69) is 54.9 Å². The fraction of sp³-hybridized carbons (Fsp3) is 0.222. The van der Waals surface area contributed by atoms with Crippen molar-refractivity contribution in [3.05, 3.63) is 65.4 Å². The molecule has 0 radical (unpaired) electrons. The van der Waals surface area contributed by atoms with Crippen molar-refractivity contribution in [2.45, 2.75) is 20.1 Å². The number of fused-ring (bicyclic) bond motifs is 1. The average Bonchev–Trinajstić information content (AvgIpc) is 2.82. The third-order valence-electron chi connectivity index (χ3n) is 3.85. The fourth-order valence-corrected chi connectivity index (χ4v) is 2.49. The third-order valence-corrected chi connectivity index (χ3v) is 3.85. The van der Waals surface area contributed by atoms with Crippen molar-refractivity contribution < 1.29 is 4.74 Å². The van der Waals surface area contributed by atoms with Gasteiger partial charge in [-0.3, -0.25) is 0 Å². The van der Waals surface area contributed by atoms with Crippen molar-refractivity contribution in [3.63, 3.8) is 0 Å². The minimum atomic E-state index is 0.562. The Hall–Kier alpha value is -2.26. The first-order chi connectivity index (χ1) is 10.2. The van der Waals surface area contributed by atoms with Gasteiger partial charge in [0.25, 0.3) is 0 Å². The van der Waals surface area contributed by atoms with Crippen molar-refractivity contribution in [2.75, 3.05) is 0 Å². The molecule has 0 saturated carbocycles. The van der Waals surface area contributed by atoms with E-state index in [4.69, 9.17) is 10.5 Å². The Morgan fingerprint density at radius 3 is 2.52 bits per heavy atom. The zero-order valence-corrected chi connectivity index (χ0v) is 12.5. The standard InChI is InChI=1S/C18H20N2O/c1-13-3-7-17(8-4-13)21-12-16-10-15-6-5-14(11-19)9-18(15)20(16)2/h3-10H,11-12,19H2,1-2H3. The van der Waals surface area contributed by atoms with Gasteiger partial charge in [0.15, 0.2) is 0 Å². The van der Waals surface area contributed by atoms with Crippen LogP contribution in [-0.4, -0.2) is 4.57 Å². The maximum Gasteiger partial charge on any atom is 0.128 e. The van der Waals surface area contributed by atoms with Crippen LogP contribution in [0.4, 0.5) is 0 Å². The number of rotatable bonds is 4. The lowest BCUT2D eigenvalue weighted by Crippen LogP contribution is -2.02. The monoisotopic (exact) mass is 280 g/mol. The molecule has 0 saturated heterocycles. The molecule has 3 heteroatoms. The smallest absolute Gasteiger partial charge is 0.128 e. The Morgan fingerprint density at radius 1 is 1.05 bits per heavy atom. The molecule has 0 atom stereocenters. The van der Waals surface area contributed by atoms with E-state index in [1.807, 2.05) is 12.1 Å². The number of nitrogens with two attached hydrogens (primary N) is 1. The SMILES string of the molecule is Cc1ccc(OCc2cc3ccc(CN)cc3n2C)cc1. The zero-order chi connectivity index (χ0) is 14.8. The normalized spacial score (nSPS) is 11.0. The number of aromatic nitrogens is 1. The molecular formula is C18H20N2O. The van der Waals surface area contributed by atoms with Crippen LogP contribution in [0, 0.1) is 6.92 Å². The Morgan fingerprint density at radius 2 is 1.81 bits per heavy atom. The molecule has 1 heterocycles. The first kappa shape index (κ1) is 13.7. The summed E-state index contributed by atoms with van der Waals surface area (Å²) in [4.78, 5) is 0. The topological polar surface area (TPSA) is 40.2 Å². The second-order valence-corrected chi connectivity index (χ2v) is 5.39. The number of aryl methyl sites for hydroxylation is 2. The van der Waals surface area contributed by atoms with Gasteiger partial charge in [-0.2, -0.15) is 0 Å². The zero-order valence-electron chi connectivity index (χ0n) is 12.5. The Bertz CT molecular complexity index is 757. The van der Waals surface area contributed by atoms with E-state index < -0.39 is 0 Å². The van der Waals surface area contributed by atoms with Crippen LogP contribution in [0.1, 0.15) is 16.8 Å². The molecule has 108 valence electrons. The highest BCUT2D eigenvalue weighted by Gasteiger charge is 2.07. The van der Waals surface area contributed by atoms with Crippen molar-refractivity contribution in [3.8, 4) is 5.75 Å². The van der Waals surface area contributed by atoms with Crippen LogP contribution < -0.4 is 10.5 Å². The first-order valence-electron chi connectivity index (χ1n) is 7.14. The van der Waals surface area contributed by atoms with Crippen LogP contribution in [0.15, 0.2) is 48.5 Å². The maximum atomic E-state index is 5.87. The molecule has 3 nitrogen and oxygen atoms in total. The van der Waals surface area contributed by atoms with E-state index in [-0.39, 0.29) is 0 Å². The first-order valence-corrected chi connectivity index (χ1v) is 7.14. The van der Waals surface area contributed by atoms with Gasteiger partial charge in [0.05, 0.1) is 5.69 Å². The summed E-state index contributed by atoms with van der Waals surface area (Å²) in [5.41, 5.74) is 10.4. The minimum absolute atomic E-state index is 0.562. The summed E-state index contributed by atoms with van der Waals surface area (Å²) in [5, 5.41) is 1.22. The molecule has 1 aromatic heterocycles. The molecule has 3 rings (SSSR count). The quantitative estimate of drug-likeness (QED) is 0.794. The van der Waals surface area contributed by atoms with Crippen LogP contribution >= 0.6 is 0 Å². The van der Waals surface area contributed by atoms with E-state index in [9.17, 15) is 0 Å². The molecule has 0 aliphatic rings. The minimum Gasteiger partial charge on any atom is -0.487 e. The van der Waals surface area contributed by atoms with Crippen LogP contribution in [0.3, 0.4) is 0 Å². The number of nitrogens with zero attached hydrogens (tertiary/aromatic N) is 1. The maximum absolute atomic E-state index is 5.87. The van der Waals surface area contributed by atoms with Gasteiger partial charge in [-0.05, 0) is 42.1 Å². The van der Waals surface area contributed by atoms with Crippen molar-refractivity contribution in [1.29, 1.82) is 0 Å². The predicted octanol–water partition coefficient (Wildman–Crippen LogP) is 3.52. The van der Waals surface area contributed by atoms with Gasteiger partial charge in [-0.15, -0.1) is 0 Å². The Kier molecular flexibility index (Phi) is 3.67. The van der Waals surface area contributed by atoms with E-state index in [0.717, 1.165) is 17.0 Å². The second kappa shape index (κ2) is 5.62. The molecule has 0 aliphatic heterocycles. The molecule has 0 aliphatic carbocycles. The van der Waals surface area contributed by atoms with Crippen LogP contribution in [0.2, 0.25) is 0 Å². The fourth-order valence-electron chi connectivity index (χ4n) is 2.49. The Balaban J connectivity index is 1.83. The predicted molar refractivity (Wildman–Crippen MR) is 86.3 cm³/mol. The lowest BCUT2D eigenvalue weighted by Gasteiger charge is -2.08. The lowest BCUT2D eigenvalue weighted by molar-refractivity contribution is 0.297. The highest BCUT2D eigenvalue weighted by atomic mass is 16.5. The van der Waals surface area contributed by atoms with Gasteiger partial charge in [0.2, 0.25) is 0 Å². The molecule has 0 fully saturated rings. The van der Waals surface area contributed by atoms with Gasteiger partial charge >= 0.3 is 0 Å². The summed E-state index contributed by atoms with van der Waals surface area (Å²) in [6.07, 6.45) is 0. The van der Waals surface area contributed by atoms with Crippen LogP contribution in [0.5, 0.6) is 5.75 Å². The van der Waals surface area contributed by atoms with E-state index >= 15 is 0 Å². The summed E-state index contributed by atoms with van der Waals surface area (Å²) in [5.74, 6) is 0.897. The summed E-state index contributed by atoms with van der Waals surface area (Å²) in [6, 6.07) is 16.6. The highest BCUT2D eigenvalue weighted by Crippen LogP contribution is 2.22. The number of hydrogen-bond donors (Lipinski definition) is 1. The summed E-state index contributed by atoms with van der Waals surface area (Å²) in [7, 11) is 2.07. The van der Waals surface area contributed by atoms with E-state index in [1.54, 1.807) is 0 Å². The second-order valence-electron chi connectivity index (χ2n) is 5.39. The highest BCUT2D eigenvalue weighted by molar-refractivity contribution is 5.82.